The number of carbonyl (C=O) groups excluding carboxylic acids is 2. The fraction of sp³-hybridized carbons (Fsp3) is 0.222. The zero-order valence-electron chi connectivity index (χ0n) is 12.1. The maximum atomic E-state index is 12.4. The van der Waals surface area contributed by atoms with Gasteiger partial charge in [0.05, 0.1) is 7.11 Å². The summed E-state index contributed by atoms with van der Waals surface area (Å²) < 4.78 is 5.27. The minimum Gasteiger partial charge on any atom is -0.508 e. The number of carbonyl (C=O) groups is 2. The van der Waals surface area contributed by atoms with Crippen molar-refractivity contribution in [2.24, 2.45) is 0 Å². The summed E-state index contributed by atoms with van der Waals surface area (Å²) in [5, 5.41) is 9.82. The van der Waals surface area contributed by atoms with E-state index in [9.17, 15) is 14.7 Å². The molecule has 0 radical (unpaired) electrons. The number of methoxy groups -OCH3 is 1. The number of rotatable bonds is 1. The molecule has 0 saturated carbocycles. The number of ketones is 2. The van der Waals surface area contributed by atoms with Gasteiger partial charge in [-0.2, -0.15) is 0 Å². The van der Waals surface area contributed by atoms with Gasteiger partial charge in [0.2, 0.25) is 0 Å². The Morgan fingerprint density at radius 3 is 2.18 bits per heavy atom. The van der Waals surface area contributed by atoms with Gasteiger partial charge in [-0.25, -0.2) is 0 Å². The standard InChI is InChI=1S/C18H14O4/c1-22-11-3-5-13-15(7-11)18(9-17(13)21)8-16(20)12-4-2-10(19)6-14(12)18/h2-7,19H,8-9H2,1H3. The van der Waals surface area contributed by atoms with E-state index in [0.717, 1.165) is 11.1 Å². The van der Waals surface area contributed by atoms with E-state index in [1.807, 2.05) is 6.07 Å². The summed E-state index contributed by atoms with van der Waals surface area (Å²) in [5.74, 6) is 0.811. The molecular weight excluding hydrogens is 280 g/mol. The Bertz CT molecular complexity index is 833. The maximum absolute atomic E-state index is 12.4. The van der Waals surface area contributed by atoms with Crippen molar-refractivity contribution in [3.8, 4) is 11.5 Å². The highest BCUT2D eigenvalue weighted by atomic mass is 16.5. The molecule has 1 unspecified atom stereocenters. The van der Waals surface area contributed by atoms with E-state index in [0.29, 0.717) is 16.9 Å². The molecular formula is C18H14O4. The minimum atomic E-state index is -0.661. The van der Waals surface area contributed by atoms with Crippen LogP contribution in [0.4, 0.5) is 0 Å². The van der Waals surface area contributed by atoms with Gasteiger partial charge < -0.3 is 9.84 Å². The molecule has 0 bridgehead atoms. The number of phenols is 1. The molecule has 1 spiro atoms. The molecule has 1 N–H and O–H groups in total. The number of Topliss-reactive ketones (excluding diaryl/α,β-unsaturated/α-hetero) is 2. The van der Waals surface area contributed by atoms with Gasteiger partial charge >= 0.3 is 0 Å². The molecule has 0 heterocycles. The van der Waals surface area contributed by atoms with E-state index >= 15 is 0 Å². The third kappa shape index (κ3) is 1.52. The second-order valence-corrected chi connectivity index (χ2v) is 5.92. The van der Waals surface area contributed by atoms with Gasteiger partial charge in [-0.1, -0.05) is 0 Å². The first-order chi connectivity index (χ1) is 10.5. The Hall–Kier alpha value is -2.62. The number of hydrogen-bond acceptors (Lipinski definition) is 4. The van der Waals surface area contributed by atoms with Crippen molar-refractivity contribution >= 4 is 11.6 Å². The van der Waals surface area contributed by atoms with Crippen LogP contribution in [0.3, 0.4) is 0 Å². The second kappa shape index (κ2) is 4.19. The highest BCUT2D eigenvalue weighted by Crippen LogP contribution is 2.53. The molecule has 2 aromatic rings. The van der Waals surface area contributed by atoms with Crippen LogP contribution in [0.25, 0.3) is 0 Å². The van der Waals surface area contributed by atoms with Crippen LogP contribution in [-0.4, -0.2) is 23.8 Å². The van der Waals surface area contributed by atoms with E-state index in [1.54, 1.807) is 31.4 Å². The number of hydrogen-bond donors (Lipinski definition) is 1. The van der Waals surface area contributed by atoms with Crippen molar-refractivity contribution in [1.29, 1.82) is 0 Å². The average Bonchev–Trinajstić information content (AvgIpc) is 2.94. The summed E-state index contributed by atoms with van der Waals surface area (Å²) in [4.78, 5) is 24.8. The Balaban J connectivity index is 2.02. The largest absolute Gasteiger partial charge is 0.508 e. The van der Waals surface area contributed by atoms with Crippen molar-refractivity contribution in [2.75, 3.05) is 7.11 Å². The van der Waals surface area contributed by atoms with Gasteiger partial charge in [-0.3, -0.25) is 9.59 Å². The molecule has 0 amide bonds. The number of aromatic hydroxyl groups is 1. The third-order valence-electron chi connectivity index (χ3n) is 4.79. The number of benzene rings is 2. The van der Waals surface area contributed by atoms with Crippen molar-refractivity contribution in [3.63, 3.8) is 0 Å². The Labute approximate surface area is 127 Å². The van der Waals surface area contributed by atoms with Crippen molar-refractivity contribution in [1.82, 2.24) is 0 Å². The van der Waals surface area contributed by atoms with Crippen LogP contribution in [0.1, 0.15) is 44.7 Å². The maximum Gasteiger partial charge on any atom is 0.164 e. The quantitative estimate of drug-likeness (QED) is 0.878. The molecule has 0 saturated heterocycles. The zero-order valence-corrected chi connectivity index (χ0v) is 12.1. The van der Waals surface area contributed by atoms with Gasteiger partial charge in [-0.05, 0) is 47.5 Å². The summed E-state index contributed by atoms with van der Waals surface area (Å²) in [5.41, 5.74) is 2.16. The second-order valence-electron chi connectivity index (χ2n) is 5.92. The molecule has 0 aliphatic heterocycles. The van der Waals surface area contributed by atoms with Crippen molar-refractivity contribution in [3.05, 3.63) is 58.7 Å². The smallest absolute Gasteiger partial charge is 0.164 e. The van der Waals surface area contributed by atoms with Crippen LogP contribution in [-0.2, 0) is 5.41 Å². The molecule has 22 heavy (non-hydrogen) atoms. The van der Waals surface area contributed by atoms with E-state index in [1.165, 1.54) is 6.07 Å². The summed E-state index contributed by atoms with van der Waals surface area (Å²) in [6, 6.07) is 10.1. The first-order valence-corrected chi connectivity index (χ1v) is 7.13. The normalized spacial score (nSPS) is 22.0. The predicted molar refractivity (Wildman–Crippen MR) is 79.8 cm³/mol. The lowest BCUT2D eigenvalue weighted by Gasteiger charge is -2.25. The number of fused-ring (bicyclic) bond motifs is 4. The van der Waals surface area contributed by atoms with Crippen LogP contribution < -0.4 is 4.74 Å². The lowest BCUT2D eigenvalue weighted by molar-refractivity contribution is 0.0957. The molecule has 0 fully saturated rings. The fourth-order valence-corrected chi connectivity index (χ4v) is 3.79. The highest BCUT2D eigenvalue weighted by Gasteiger charge is 2.51. The number of ether oxygens (including phenoxy) is 1. The molecule has 2 aromatic carbocycles. The first kappa shape index (κ1) is 13.1. The summed E-state index contributed by atoms with van der Waals surface area (Å²) in [7, 11) is 1.57. The lowest BCUT2D eigenvalue weighted by Crippen LogP contribution is -2.22. The Kier molecular flexibility index (Phi) is 2.49. The van der Waals surface area contributed by atoms with Crippen molar-refractivity contribution < 1.29 is 19.4 Å². The topological polar surface area (TPSA) is 63.6 Å². The first-order valence-electron chi connectivity index (χ1n) is 7.13. The molecule has 1 atom stereocenters. The number of phenolic OH excluding ortho intramolecular Hbond substituents is 1. The third-order valence-corrected chi connectivity index (χ3v) is 4.79. The van der Waals surface area contributed by atoms with Crippen LogP contribution in [0, 0.1) is 0 Å². The van der Waals surface area contributed by atoms with Gasteiger partial charge in [-0.15, -0.1) is 0 Å². The Morgan fingerprint density at radius 1 is 0.955 bits per heavy atom. The molecule has 2 aliphatic carbocycles. The molecule has 110 valence electrons. The average molecular weight is 294 g/mol. The van der Waals surface area contributed by atoms with E-state index in [4.69, 9.17) is 4.74 Å². The van der Waals surface area contributed by atoms with E-state index < -0.39 is 5.41 Å². The van der Waals surface area contributed by atoms with Crippen LogP contribution in [0.15, 0.2) is 36.4 Å². The predicted octanol–water partition coefficient (Wildman–Crippen LogP) is 2.86. The van der Waals surface area contributed by atoms with E-state index in [2.05, 4.69) is 0 Å². The van der Waals surface area contributed by atoms with Gasteiger partial charge in [0, 0.05) is 29.4 Å². The molecule has 4 nitrogen and oxygen atoms in total. The fourth-order valence-electron chi connectivity index (χ4n) is 3.79. The van der Waals surface area contributed by atoms with Crippen LogP contribution in [0.5, 0.6) is 11.5 Å². The zero-order chi connectivity index (χ0) is 15.5. The molecule has 4 rings (SSSR count). The van der Waals surface area contributed by atoms with Crippen LogP contribution in [0.2, 0.25) is 0 Å². The molecule has 0 aromatic heterocycles. The van der Waals surface area contributed by atoms with Crippen LogP contribution >= 0.6 is 0 Å². The summed E-state index contributed by atoms with van der Waals surface area (Å²) >= 11 is 0. The highest BCUT2D eigenvalue weighted by molar-refractivity contribution is 6.09. The minimum absolute atomic E-state index is 0.0125. The van der Waals surface area contributed by atoms with Crippen molar-refractivity contribution in [2.45, 2.75) is 18.3 Å². The lowest BCUT2D eigenvalue weighted by atomic mass is 9.76. The molecule has 4 heteroatoms. The Morgan fingerprint density at radius 2 is 1.55 bits per heavy atom. The van der Waals surface area contributed by atoms with Gasteiger partial charge in [0.15, 0.2) is 11.6 Å². The van der Waals surface area contributed by atoms with E-state index in [-0.39, 0.29) is 30.2 Å². The monoisotopic (exact) mass is 294 g/mol. The summed E-state index contributed by atoms with van der Waals surface area (Å²) in [6.07, 6.45) is 0.523. The van der Waals surface area contributed by atoms with Gasteiger partial charge in [0.1, 0.15) is 11.5 Å². The SMILES string of the molecule is COc1ccc2c(c1)C1(CC(=O)c3ccc(O)cc31)CC2=O. The van der Waals surface area contributed by atoms with Gasteiger partial charge in [0.25, 0.3) is 0 Å². The molecule has 2 aliphatic rings. The summed E-state index contributed by atoms with van der Waals surface area (Å²) in [6.45, 7) is 0.